The van der Waals surface area contributed by atoms with E-state index in [-0.39, 0.29) is 30.1 Å². The van der Waals surface area contributed by atoms with Crippen LogP contribution in [0, 0.1) is 5.82 Å². The zero-order valence-electron chi connectivity index (χ0n) is 16.1. The van der Waals surface area contributed by atoms with Crippen molar-refractivity contribution in [1.82, 2.24) is 5.32 Å². The van der Waals surface area contributed by atoms with Gasteiger partial charge in [0.1, 0.15) is 12.4 Å². The Morgan fingerprint density at radius 1 is 1.10 bits per heavy atom. The summed E-state index contributed by atoms with van der Waals surface area (Å²) in [5.41, 5.74) is 1.20. The number of carbonyl (C=O) groups excluding carboxylic acids is 2. The van der Waals surface area contributed by atoms with Crippen LogP contribution in [0.25, 0.3) is 6.08 Å². The van der Waals surface area contributed by atoms with Gasteiger partial charge in [-0.15, -0.1) is 0 Å². The summed E-state index contributed by atoms with van der Waals surface area (Å²) >= 11 is 0. The Balaban J connectivity index is 1.57. The fourth-order valence-corrected chi connectivity index (χ4v) is 3.79. The average Bonchev–Trinajstić information content (AvgIpc) is 2.73. The van der Waals surface area contributed by atoms with E-state index in [0.29, 0.717) is 17.0 Å². The Morgan fingerprint density at radius 3 is 2.59 bits per heavy atom. The number of fused-ring (bicyclic) bond motifs is 1. The van der Waals surface area contributed by atoms with E-state index in [9.17, 15) is 14.0 Å². The van der Waals surface area contributed by atoms with Gasteiger partial charge in [-0.05, 0) is 48.7 Å². The highest BCUT2D eigenvalue weighted by atomic mass is 19.1. The van der Waals surface area contributed by atoms with Crippen molar-refractivity contribution in [2.45, 2.75) is 38.1 Å². The van der Waals surface area contributed by atoms with Crippen LogP contribution in [0.2, 0.25) is 0 Å². The van der Waals surface area contributed by atoms with Crippen molar-refractivity contribution in [3.05, 3.63) is 65.7 Å². The molecule has 2 aliphatic rings. The summed E-state index contributed by atoms with van der Waals surface area (Å²) < 4.78 is 18.9. The lowest BCUT2D eigenvalue weighted by molar-refractivity contribution is -0.124. The predicted molar refractivity (Wildman–Crippen MR) is 109 cm³/mol. The van der Waals surface area contributed by atoms with E-state index in [1.165, 1.54) is 23.5 Å². The molecule has 1 aliphatic heterocycles. The first-order valence-corrected chi connectivity index (χ1v) is 9.95. The molecule has 2 aromatic rings. The van der Waals surface area contributed by atoms with Gasteiger partial charge in [-0.3, -0.25) is 14.5 Å². The van der Waals surface area contributed by atoms with Crippen molar-refractivity contribution < 1.29 is 18.7 Å². The fraction of sp³-hybridized carbons (Fsp3) is 0.304. The Kier molecular flexibility index (Phi) is 5.60. The van der Waals surface area contributed by atoms with Crippen molar-refractivity contribution >= 4 is 23.6 Å². The molecule has 0 radical (unpaired) electrons. The number of hydrogen-bond acceptors (Lipinski definition) is 3. The summed E-state index contributed by atoms with van der Waals surface area (Å²) in [6.45, 7) is -0.0730. The summed E-state index contributed by atoms with van der Waals surface area (Å²) in [5, 5.41) is 3.05. The molecule has 0 atom stereocenters. The smallest absolute Gasteiger partial charge is 0.294 e. The van der Waals surface area contributed by atoms with Crippen molar-refractivity contribution in [3.8, 4) is 5.75 Å². The molecule has 1 saturated carbocycles. The average molecular weight is 394 g/mol. The summed E-state index contributed by atoms with van der Waals surface area (Å²) in [6, 6.07) is 13.1. The van der Waals surface area contributed by atoms with Gasteiger partial charge in [-0.1, -0.05) is 43.5 Å². The van der Waals surface area contributed by atoms with Crippen LogP contribution in [0.3, 0.4) is 0 Å². The van der Waals surface area contributed by atoms with E-state index in [2.05, 4.69) is 5.32 Å². The molecule has 0 unspecified atom stereocenters. The van der Waals surface area contributed by atoms with E-state index in [1.54, 1.807) is 36.4 Å². The number of hydrogen-bond donors (Lipinski definition) is 1. The van der Waals surface area contributed by atoms with Gasteiger partial charge in [-0.2, -0.15) is 0 Å². The Morgan fingerprint density at radius 2 is 1.83 bits per heavy atom. The molecule has 1 fully saturated rings. The normalized spacial score (nSPS) is 18.3. The van der Waals surface area contributed by atoms with Crippen LogP contribution in [0.15, 0.2) is 54.3 Å². The van der Waals surface area contributed by atoms with Crippen molar-refractivity contribution in [3.63, 3.8) is 0 Å². The van der Waals surface area contributed by atoms with Gasteiger partial charge in [0.25, 0.3) is 5.91 Å². The number of halogens is 1. The van der Waals surface area contributed by atoms with E-state index in [1.807, 2.05) is 6.07 Å². The molecule has 1 aliphatic carbocycles. The second-order valence-electron chi connectivity index (χ2n) is 7.42. The van der Waals surface area contributed by atoms with Crippen molar-refractivity contribution in [2.75, 3.05) is 11.4 Å². The Hall–Kier alpha value is -3.15. The number of anilines is 1. The van der Waals surface area contributed by atoms with Crippen molar-refractivity contribution in [2.24, 2.45) is 0 Å². The third kappa shape index (κ3) is 4.47. The van der Waals surface area contributed by atoms with Gasteiger partial charge in [0.2, 0.25) is 5.91 Å². The second-order valence-corrected chi connectivity index (χ2v) is 7.42. The lowest BCUT2D eigenvalue weighted by Gasteiger charge is -2.31. The molecule has 2 amide bonds. The first-order valence-electron chi connectivity index (χ1n) is 9.95. The highest BCUT2D eigenvalue weighted by molar-refractivity contribution is 6.12. The monoisotopic (exact) mass is 394 g/mol. The number of amides is 2. The molecule has 0 spiro atoms. The number of nitrogens with zero attached hydrogens (tertiary/aromatic N) is 1. The fourth-order valence-electron chi connectivity index (χ4n) is 3.79. The molecule has 5 nitrogen and oxygen atoms in total. The third-order valence-electron chi connectivity index (χ3n) is 5.27. The largest absolute Gasteiger partial charge is 0.449 e. The molecule has 29 heavy (non-hydrogen) atoms. The van der Waals surface area contributed by atoms with Crippen LogP contribution in [0.5, 0.6) is 5.75 Å². The molecular weight excluding hydrogens is 371 g/mol. The number of benzene rings is 2. The standard InChI is InChI=1S/C23H23FN2O3/c24-17-12-10-16(11-13-17)14-21-23(28)26(19-8-4-5-9-20(19)29-21)15-22(27)25-18-6-2-1-3-7-18/h4-5,8-14,18H,1-3,6-7,15H2,(H,25,27). The van der Waals surface area contributed by atoms with E-state index >= 15 is 0 Å². The van der Waals surface area contributed by atoms with Gasteiger partial charge in [-0.25, -0.2) is 4.39 Å². The molecule has 0 bridgehead atoms. The maximum absolute atomic E-state index is 13.2. The van der Waals surface area contributed by atoms with Gasteiger partial charge in [0, 0.05) is 6.04 Å². The number of ether oxygens (including phenoxy) is 1. The maximum Gasteiger partial charge on any atom is 0.294 e. The number of para-hydroxylation sites is 2. The predicted octanol–water partition coefficient (Wildman–Crippen LogP) is 4.04. The van der Waals surface area contributed by atoms with Crippen LogP contribution >= 0.6 is 0 Å². The lowest BCUT2D eigenvalue weighted by atomic mass is 9.95. The number of nitrogens with one attached hydrogen (secondary N) is 1. The molecule has 1 N–H and O–H groups in total. The Bertz CT molecular complexity index is 933. The third-order valence-corrected chi connectivity index (χ3v) is 5.27. The highest BCUT2D eigenvalue weighted by Crippen LogP contribution is 2.35. The minimum Gasteiger partial charge on any atom is -0.449 e. The van der Waals surface area contributed by atoms with Gasteiger partial charge >= 0.3 is 0 Å². The summed E-state index contributed by atoms with van der Waals surface area (Å²) in [5.74, 6) is -0.323. The minimum atomic E-state index is -0.396. The SMILES string of the molecule is O=C(CN1C(=O)C(=Cc2ccc(F)cc2)Oc2ccccc21)NC1CCCCC1. The molecule has 150 valence electrons. The van der Waals surface area contributed by atoms with Gasteiger partial charge < -0.3 is 10.1 Å². The van der Waals surface area contributed by atoms with Crippen molar-refractivity contribution in [1.29, 1.82) is 0 Å². The van der Waals surface area contributed by atoms with E-state index < -0.39 is 5.91 Å². The van der Waals surface area contributed by atoms with Crippen LogP contribution in [0.1, 0.15) is 37.7 Å². The quantitative estimate of drug-likeness (QED) is 0.797. The molecule has 4 rings (SSSR count). The van der Waals surface area contributed by atoms with Gasteiger partial charge in [0.15, 0.2) is 11.5 Å². The first kappa shape index (κ1) is 19.2. The van der Waals surface area contributed by atoms with E-state index in [0.717, 1.165) is 25.7 Å². The van der Waals surface area contributed by atoms with Crippen LogP contribution < -0.4 is 15.0 Å². The molecule has 0 saturated heterocycles. The van der Waals surface area contributed by atoms with E-state index in [4.69, 9.17) is 4.74 Å². The van der Waals surface area contributed by atoms with Crippen LogP contribution in [-0.2, 0) is 9.59 Å². The first-order chi connectivity index (χ1) is 14.1. The minimum absolute atomic E-state index is 0.0730. The molecule has 2 aromatic carbocycles. The number of carbonyl (C=O) groups is 2. The molecule has 0 aromatic heterocycles. The topological polar surface area (TPSA) is 58.6 Å². The zero-order chi connectivity index (χ0) is 20.2. The lowest BCUT2D eigenvalue weighted by Crippen LogP contribution is -2.47. The van der Waals surface area contributed by atoms with Crippen LogP contribution in [-0.4, -0.2) is 24.4 Å². The summed E-state index contributed by atoms with van der Waals surface area (Å²) in [7, 11) is 0. The summed E-state index contributed by atoms with van der Waals surface area (Å²) in [6.07, 6.45) is 6.97. The Labute approximate surface area is 169 Å². The molecule has 6 heteroatoms. The van der Waals surface area contributed by atoms with Gasteiger partial charge in [0.05, 0.1) is 5.69 Å². The number of rotatable bonds is 4. The highest BCUT2D eigenvalue weighted by Gasteiger charge is 2.32. The summed E-state index contributed by atoms with van der Waals surface area (Å²) in [4.78, 5) is 27.1. The molecular formula is C23H23FN2O3. The van der Waals surface area contributed by atoms with Crippen LogP contribution in [0.4, 0.5) is 10.1 Å². The second kappa shape index (κ2) is 8.47. The maximum atomic E-state index is 13.2. The molecule has 1 heterocycles. The zero-order valence-corrected chi connectivity index (χ0v) is 16.1.